The minimum absolute atomic E-state index is 0.00107. The van der Waals surface area contributed by atoms with Crippen LogP contribution in [0.3, 0.4) is 0 Å². The summed E-state index contributed by atoms with van der Waals surface area (Å²) in [5, 5.41) is 67.8. The normalized spacial score (nSPS) is 22.2. The molecule has 0 radical (unpaired) electrons. The van der Waals surface area contributed by atoms with Crippen LogP contribution in [0.5, 0.6) is 17.2 Å². The lowest BCUT2D eigenvalue weighted by Gasteiger charge is -2.35. The van der Waals surface area contributed by atoms with Crippen LogP contribution in [0.25, 0.3) is 16.8 Å². The highest BCUT2D eigenvalue weighted by Gasteiger charge is 2.38. The fraction of sp³-hybridized carbons (Fsp3) is 0.441. The van der Waals surface area contributed by atoms with Crippen LogP contribution in [0, 0.1) is 35.7 Å². The number of benzene rings is 5. The first-order valence-electron chi connectivity index (χ1n) is 29.4. The Morgan fingerprint density at radius 3 is 2.56 bits per heavy atom. The van der Waals surface area contributed by atoms with Crippen molar-refractivity contribution in [1.29, 1.82) is 0 Å². The van der Waals surface area contributed by atoms with Crippen molar-refractivity contribution < 1.29 is 49.3 Å². The van der Waals surface area contributed by atoms with Crippen molar-refractivity contribution in [1.82, 2.24) is 5.32 Å². The summed E-state index contributed by atoms with van der Waals surface area (Å²) in [6, 6.07) is 25.7. The number of anilines is 1. The molecule has 10 bridgehead atoms. The van der Waals surface area contributed by atoms with Gasteiger partial charge in [-0.05, 0) is 175 Å². The van der Waals surface area contributed by atoms with E-state index in [-0.39, 0.29) is 78.5 Å². The summed E-state index contributed by atoms with van der Waals surface area (Å²) in [6.07, 6.45) is 13.8. The number of methoxy groups -OCH3 is 1. The molecule has 14 heteroatoms. The number of phenols is 1. The van der Waals surface area contributed by atoms with Gasteiger partial charge in [0.1, 0.15) is 36.1 Å². The van der Waals surface area contributed by atoms with Gasteiger partial charge in [-0.15, -0.1) is 0 Å². The molecule has 0 saturated heterocycles. The van der Waals surface area contributed by atoms with Gasteiger partial charge in [-0.2, -0.15) is 0 Å². The van der Waals surface area contributed by atoms with E-state index in [1.165, 1.54) is 0 Å². The van der Waals surface area contributed by atoms with Crippen LogP contribution in [0.2, 0.25) is 0 Å². The number of aliphatic hydroxyl groups excluding tert-OH is 3. The number of hydrogen-bond acceptors (Lipinski definition) is 12. The van der Waals surface area contributed by atoms with Gasteiger partial charge in [-0.1, -0.05) is 80.5 Å². The van der Waals surface area contributed by atoms with Crippen molar-refractivity contribution in [2.24, 2.45) is 34.4 Å². The molecule has 5 aromatic carbocycles. The number of aliphatic hydroxyl groups is 4. The largest absolute Gasteiger partial charge is 0.508 e. The maximum atomic E-state index is 14.5. The SMILES string of the molecule is CCCNC[C@@H]1C[C@H](c2cccc(CCOCC)c2)[C@H]2C#CO[C@H](CC(=O)CCc3ccc(OC)c(c3)OCc3c(C(O)O)cc4c2c(O)cc2c4c3C=C[C@@H]2C)C[C@H]2C=C(O)C1=C[C@H]2C[C@H](CO)CCc1cccc(NC(N)=NC)c1. The number of carbonyl (C=O) groups is 1. The van der Waals surface area contributed by atoms with Crippen LogP contribution < -0.4 is 25.8 Å². The molecule has 82 heavy (non-hydrogen) atoms. The Balaban J connectivity index is 1.25. The quantitative estimate of drug-likeness (QED) is 0.0135. The minimum atomic E-state index is -1.93. The fourth-order valence-electron chi connectivity index (χ4n) is 12.7. The molecule has 4 heterocycles. The second kappa shape index (κ2) is 27.8. The summed E-state index contributed by atoms with van der Waals surface area (Å²) in [5.74, 6) is 2.72. The zero-order valence-electron chi connectivity index (χ0n) is 48.1. The highest BCUT2D eigenvalue weighted by molar-refractivity contribution is 6.01. The number of ether oxygens (including phenoxy) is 4. The second-order valence-corrected chi connectivity index (χ2v) is 22.6. The van der Waals surface area contributed by atoms with Gasteiger partial charge >= 0.3 is 0 Å². The number of allylic oxidation sites excluding steroid dienone is 4. The minimum Gasteiger partial charge on any atom is -0.508 e. The molecular formula is C68H82N4O10. The van der Waals surface area contributed by atoms with Gasteiger partial charge in [-0.25, -0.2) is 0 Å². The number of ketones is 1. The van der Waals surface area contributed by atoms with E-state index in [1.807, 2.05) is 67.6 Å². The highest BCUT2D eigenvalue weighted by atomic mass is 16.5. The molecule has 5 aromatic rings. The third-order valence-corrected chi connectivity index (χ3v) is 17.1. The summed E-state index contributed by atoms with van der Waals surface area (Å²) in [4.78, 5) is 18.5. The standard InChI is InChI=1S/C68H82N4O10/c1-6-24-71-38-49-33-56(46-12-8-10-43(27-46)22-25-80-7-2)54-23-26-81-52(31-48-34-61(75)57(49)32-47(48)28-45(39-73)16-15-42-11-9-13-50(29-42)72-68(69)70-4)35-51(74)19-17-44-18-21-63(79-5)64(30-44)82-40-60-53-20-14-41(3)55-37-62(76)66(54)59(65(53)55)36-58(60)67(77)78/h8-14,18,20-21,27,29-30,32,34,36-37,41,45,47-49,52,54,56,67,71,73,75-78H,6-7,15-17,19,22,24-25,28,31,33,35,38-40H2,1-5H3,(H3,69,70,72)/t41-,45+,47+,48-,49-,52-,54+,56+/m0/s1. The summed E-state index contributed by atoms with van der Waals surface area (Å²) < 4.78 is 25.1. The predicted molar refractivity (Wildman–Crippen MR) is 323 cm³/mol. The van der Waals surface area contributed by atoms with Crippen LogP contribution in [0.15, 0.2) is 113 Å². The molecular weight excluding hydrogens is 1030 g/mol. The number of phenolic OH excluding ortho intramolecular Hbond substituents is 1. The number of aliphatic imine (C=N–C) groups is 1. The molecule has 4 aliphatic heterocycles. The number of hydrogen-bond donors (Lipinski definition) is 8. The van der Waals surface area contributed by atoms with Crippen LogP contribution in [-0.4, -0.2) is 90.4 Å². The van der Waals surface area contributed by atoms with E-state index in [4.69, 9.17) is 24.7 Å². The van der Waals surface area contributed by atoms with E-state index in [0.717, 1.165) is 63.0 Å². The number of carbonyl (C=O) groups excluding carboxylic acids is 1. The number of nitrogens with one attached hydrogen (secondary N) is 2. The lowest BCUT2D eigenvalue weighted by Crippen LogP contribution is -2.31. The average Bonchev–Trinajstić information content (AvgIpc) is 1.78. The summed E-state index contributed by atoms with van der Waals surface area (Å²) >= 11 is 0. The molecule has 2 aliphatic carbocycles. The first kappa shape index (κ1) is 59.5. The summed E-state index contributed by atoms with van der Waals surface area (Å²) in [7, 11) is 3.20. The molecule has 9 N–H and O–H groups in total. The molecule has 0 fully saturated rings. The number of Topliss-reactive ketones (excluding diaryl/α,β-unsaturated/α-hetero) is 1. The van der Waals surface area contributed by atoms with Crippen LogP contribution in [0.1, 0.15) is 140 Å². The molecule has 0 amide bonds. The molecule has 0 unspecified atom stereocenters. The fourth-order valence-corrected chi connectivity index (χ4v) is 12.7. The highest BCUT2D eigenvalue weighted by Crippen LogP contribution is 2.51. The molecule has 0 saturated carbocycles. The van der Waals surface area contributed by atoms with Crippen molar-refractivity contribution in [3.05, 3.63) is 158 Å². The van der Waals surface area contributed by atoms with Gasteiger partial charge < -0.3 is 60.8 Å². The summed E-state index contributed by atoms with van der Waals surface area (Å²) in [6.45, 7) is 8.45. The van der Waals surface area contributed by atoms with Crippen LogP contribution in [-0.2, 0) is 40.1 Å². The Morgan fingerprint density at radius 2 is 1.79 bits per heavy atom. The zero-order chi connectivity index (χ0) is 57.9. The average molecular weight is 1120 g/mol. The van der Waals surface area contributed by atoms with E-state index in [2.05, 4.69) is 77.9 Å². The van der Waals surface area contributed by atoms with E-state index >= 15 is 0 Å². The second-order valence-electron chi connectivity index (χ2n) is 22.6. The third-order valence-electron chi connectivity index (χ3n) is 17.1. The van der Waals surface area contributed by atoms with Crippen molar-refractivity contribution in [2.75, 3.05) is 52.4 Å². The van der Waals surface area contributed by atoms with Crippen molar-refractivity contribution >= 4 is 34.3 Å². The number of aromatic hydroxyl groups is 1. The third kappa shape index (κ3) is 14.0. The van der Waals surface area contributed by atoms with Gasteiger partial charge in [-0.3, -0.25) is 9.79 Å². The van der Waals surface area contributed by atoms with Crippen LogP contribution in [0.4, 0.5) is 5.69 Å². The van der Waals surface area contributed by atoms with Gasteiger partial charge in [0, 0.05) is 79.8 Å². The van der Waals surface area contributed by atoms with E-state index < -0.39 is 24.2 Å². The topological polar surface area (TPSA) is 218 Å². The van der Waals surface area contributed by atoms with E-state index in [1.54, 1.807) is 20.2 Å². The number of nitrogens with two attached hydrogens (primary N) is 1. The molecule has 8 atom stereocenters. The predicted octanol–water partition coefficient (Wildman–Crippen LogP) is 11.0. The number of nitrogens with zero attached hydrogens (tertiary/aromatic N) is 1. The molecule has 14 nitrogen and oxygen atoms in total. The van der Waals surface area contributed by atoms with Gasteiger partial charge in [0.2, 0.25) is 0 Å². The number of guanidine groups is 1. The molecule has 0 spiro atoms. The van der Waals surface area contributed by atoms with Crippen molar-refractivity contribution in [3.8, 4) is 29.3 Å². The first-order valence-corrected chi connectivity index (χ1v) is 29.4. The summed E-state index contributed by atoms with van der Waals surface area (Å²) in [5.41, 5.74) is 14.5. The van der Waals surface area contributed by atoms with Gasteiger partial charge in [0.25, 0.3) is 0 Å². The van der Waals surface area contributed by atoms with E-state index in [0.29, 0.717) is 98.7 Å². The molecule has 0 aromatic heterocycles. The smallest absolute Gasteiger partial charge is 0.192 e. The maximum absolute atomic E-state index is 14.5. The molecule has 6 aliphatic rings. The molecule has 11 rings (SSSR count). The molecule has 434 valence electrons. The van der Waals surface area contributed by atoms with Gasteiger partial charge in [0.05, 0.1) is 19.6 Å². The zero-order valence-corrected chi connectivity index (χ0v) is 48.1. The van der Waals surface area contributed by atoms with Crippen molar-refractivity contribution in [2.45, 2.75) is 122 Å². The Bertz CT molecular complexity index is 3260. The Kier molecular flexibility index (Phi) is 20.1. The van der Waals surface area contributed by atoms with Crippen LogP contribution >= 0.6 is 0 Å². The Morgan fingerprint density at radius 1 is 0.976 bits per heavy atom. The number of rotatable bonds is 18. The van der Waals surface area contributed by atoms with Gasteiger partial charge in [0.15, 0.2) is 23.7 Å². The van der Waals surface area contributed by atoms with Crippen molar-refractivity contribution in [3.63, 3.8) is 0 Å². The number of fused-ring (bicyclic) bond motifs is 8. The lowest BCUT2D eigenvalue weighted by molar-refractivity contribution is -0.121. The first-order chi connectivity index (χ1) is 39.8. The maximum Gasteiger partial charge on any atom is 0.192 e. The van der Waals surface area contributed by atoms with E-state index in [9.17, 15) is 30.3 Å². The Labute approximate surface area is 483 Å². The lowest BCUT2D eigenvalue weighted by atomic mass is 9.70. The monoisotopic (exact) mass is 1110 g/mol. The Hall–Kier alpha value is -7.12. The number of aryl methyl sites for hydroxylation is 2.